The topological polar surface area (TPSA) is 92.0 Å². The summed E-state index contributed by atoms with van der Waals surface area (Å²) in [6.07, 6.45) is 3.85. The van der Waals surface area contributed by atoms with Crippen molar-refractivity contribution in [3.63, 3.8) is 0 Å². The fourth-order valence-corrected chi connectivity index (χ4v) is 5.32. The van der Waals surface area contributed by atoms with Gasteiger partial charge >= 0.3 is 6.09 Å². The molecule has 35 heavy (non-hydrogen) atoms. The summed E-state index contributed by atoms with van der Waals surface area (Å²) >= 11 is 6.81. The first-order valence-electron chi connectivity index (χ1n) is 12.5. The summed E-state index contributed by atoms with van der Waals surface area (Å²) in [5, 5.41) is 1.64. The van der Waals surface area contributed by atoms with Crippen molar-refractivity contribution in [2.45, 2.75) is 45.2 Å². The molecule has 2 aliphatic rings. The molecule has 1 unspecified atom stereocenters. The number of piperazine rings is 1. The van der Waals surface area contributed by atoms with Gasteiger partial charge in [0.05, 0.1) is 23.7 Å². The highest BCUT2D eigenvalue weighted by Gasteiger charge is 2.32. The fourth-order valence-electron chi connectivity index (χ4n) is 4.95. The highest BCUT2D eigenvalue weighted by Crippen LogP contribution is 2.36. The van der Waals surface area contributed by atoms with Crippen molar-refractivity contribution in [1.82, 2.24) is 19.7 Å². The van der Waals surface area contributed by atoms with Crippen LogP contribution in [0.5, 0.6) is 0 Å². The minimum Gasteiger partial charge on any atom is -0.449 e. The van der Waals surface area contributed by atoms with E-state index in [4.69, 9.17) is 27.1 Å². The Balaban J connectivity index is 1.49. The first-order valence-corrected chi connectivity index (χ1v) is 12.9. The van der Waals surface area contributed by atoms with Crippen LogP contribution in [0.4, 0.5) is 4.79 Å². The summed E-state index contributed by atoms with van der Waals surface area (Å²) in [5.74, 6) is 0.473. The maximum absolute atomic E-state index is 13.3. The number of fused-ring (bicyclic) bond motifs is 2. The molecule has 2 amide bonds. The molecule has 2 aromatic rings. The molecule has 190 valence electrons. The molecule has 2 heterocycles. The number of carbonyl (C=O) groups is 2. The molecule has 1 aliphatic heterocycles. The van der Waals surface area contributed by atoms with Gasteiger partial charge in [0.1, 0.15) is 6.17 Å². The van der Waals surface area contributed by atoms with Gasteiger partial charge in [-0.2, -0.15) is 0 Å². The Labute approximate surface area is 212 Å². The number of carbonyl (C=O) groups excluding carboxylic acids is 2. The van der Waals surface area contributed by atoms with Gasteiger partial charge < -0.3 is 20.3 Å². The highest BCUT2D eigenvalue weighted by molar-refractivity contribution is 6.36. The van der Waals surface area contributed by atoms with E-state index in [9.17, 15) is 9.59 Å². The van der Waals surface area contributed by atoms with Crippen molar-refractivity contribution in [1.29, 1.82) is 0 Å². The predicted octanol–water partition coefficient (Wildman–Crippen LogP) is 3.53. The van der Waals surface area contributed by atoms with E-state index in [0.29, 0.717) is 31.2 Å². The first-order chi connectivity index (χ1) is 16.8. The number of ether oxygens (including phenoxy) is 1. The highest BCUT2D eigenvalue weighted by atomic mass is 35.5. The maximum Gasteiger partial charge on any atom is 0.411 e. The number of nitrogens with zero attached hydrogens (tertiary/aromatic N) is 4. The summed E-state index contributed by atoms with van der Waals surface area (Å²) in [4.78, 5) is 35.8. The molecule has 9 heteroatoms. The average Bonchev–Trinajstić information content (AvgIpc) is 2.85. The van der Waals surface area contributed by atoms with Crippen molar-refractivity contribution >= 4 is 34.5 Å². The van der Waals surface area contributed by atoms with Gasteiger partial charge in [0, 0.05) is 29.7 Å². The molecule has 0 radical (unpaired) electrons. The van der Waals surface area contributed by atoms with Crippen LogP contribution in [0.1, 0.15) is 47.8 Å². The molecule has 1 fully saturated rings. The molecule has 2 atom stereocenters. The zero-order valence-electron chi connectivity index (χ0n) is 20.9. The van der Waals surface area contributed by atoms with Gasteiger partial charge in [0.15, 0.2) is 0 Å². The summed E-state index contributed by atoms with van der Waals surface area (Å²) in [6.45, 7) is 4.36. The molecule has 1 saturated heterocycles. The van der Waals surface area contributed by atoms with Crippen LogP contribution in [-0.2, 0) is 17.6 Å². The van der Waals surface area contributed by atoms with Crippen LogP contribution in [-0.4, -0.2) is 84.7 Å². The zero-order valence-corrected chi connectivity index (χ0v) is 21.7. The Bertz CT molecular complexity index is 1090. The monoisotopic (exact) mass is 501 g/mol. The van der Waals surface area contributed by atoms with Crippen molar-refractivity contribution < 1.29 is 14.3 Å². The largest absolute Gasteiger partial charge is 0.449 e. The van der Waals surface area contributed by atoms with E-state index in [1.165, 1.54) is 4.90 Å². The van der Waals surface area contributed by atoms with Crippen molar-refractivity contribution in [2.24, 2.45) is 11.7 Å². The number of amides is 2. The molecule has 1 aromatic heterocycles. The van der Waals surface area contributed by atoms with Gasteiger partial charge in [0.25, 0.3) is 5.91 Å². The number of halogens is 1. The molecule has 0 spiro atoms. The van der Waals surface area contributed by atoms with Crippen molar-refractivity contribution in [3.8, 4) is 0 Å². The van der Waals surface area contributed by atoms with Crippen molar-refractivity contribution in [2.75, 3.05) is 46.9 Å². The fraction of sp³-hybridized carbons (Fsp3) is 0.577. The standard InChI is InChI=1S/C26H36ClN5O3/c1-4-13-35-26(34)32-12-11-31(16-23(32)28)25(33)18-6-8-20-22(15-18)29-21-14-17(9-10-30(2)3)5-7-19(21)24(20)27/h6,8,15,17,23H,4-5,7,9-14,16,28H2,1-3H3/t17?,23-/m0/s1. The van der Waals surface area contributed by atoms with E-state index in [1.807, 2.05) is 19.1 Å². The number of hydrogen-bond acceptors (Lipinski definition) is 6. The first kappa shape index (κ1) is 25.7. The summed E-state index contributed by atoms with van der Waals surface area (Å²) in [6, 6.07) is 5.54. The average molecular weight is 502 g/mol. The van der Waals surface area contributed by atoms with Gasteiger partial charge in [-0.05, 0) is 76.4 Å². The number of pyridine rings is 1. The van der Waals surface area contributed by atoms with E-state index in [1.54, 1.807) is 11.0 Å². The van der Waals surface area contributed by atoms with E-state index >= 15 is 0 Å². The van der Waals surface area contributed by atoms with Crippen LogP contribution in [0.25, 0.3) is 10.9 Å². The third-order valence-electron chi connectivity index (χ3n) is 6.99. The Kier molecular flexibility index (Phi) is 8.14. The lowest BCUT2D eigenvalue weighted by atomic mass is 9.84. The number of hydrogen-bond donors (Lipinski definition) is 1. The lowest BCUT2D eigenvalue weighted by Crippen LogP contribution is -2.60. The van der Waals surface area contributed by atoms with Crippen LogP contribution >= 0.6 is 11.6 Å². The summed E-state index contributed by atoms with van der Waals surface area (Å²) in [5.41, 5.74) is 9.71. The van der Waals surface area contributed by atoms with E-state index in [0.717, 1.165) is 65.8 Å². The molecule has 0 bridgehead atoms. The Morgan fingerprint density at radius 3 is 2.80 bits per heavy atom. The zero-order chi connectivity index (χ0) is 25.1. The van der Waals surface area contributed by atoms with Crippen LogP contribution < -0.4 is 5.73 Å². The normalized spacial score (nSPS) is 20.3. The van der Waals surface area contributed by atoms with Gasteiger partial charge in [-0.15, -0.1) is 0 Å². The minimum absolute atomic E-state index is 0.122. The van der Waals surface area contributed by atoms with Gasteiger partial charge in [0.2, 0.25) is 0 Å². The van der Waals surface area contributed by atoms with Crippen LogP contribution in [0, 0.1) is 5.92 Å². The van der Waals surface area contributed by atoms with E-state index in [-0.39, 0.29) is 12.5 Å². The molecule has 0 saturated carbocycles. The second kappa shape index (κ2) is 11.1. The number of nitrogens with two attached hydrogens (primary N) is 1. The molecule has 1 aromatic carbocycles. The van der Waals surface area contributed by atoms with E-state index < -0.39 is 12.3 Å². The lowest BCUT2D eigenvalue weighted by Gasteiger charge is -2.38. The lowest BCUT2D eigenvalue weighted by molar-refractivity contribution is 0.0390. The maximum atomic E-state index is 13.3. The number of rotatable bonds is 6. The molecule has 8 nitrogen and oxygen atoms in total. The smallest absolute Gasteiger partial charge is 0.411 e. The predicted molar refractivity (Wildman–Crippen MR) is 138 cm³/mol. The van der Waals surface area contributed by atoms with Crippen LogP contribution in [0.15, 0.2) is 18.2 Å². The Morgan fingerprint density at radius 2 is 2.09 bits per heavy atom. The number of benzene rings is 1. The van der Waals surface area contributed by atoms with Crippen molar-refractivity contribution in [3.05, 3.63) is 40.0 Å². The second-order valence-electron chi connectivity index (χ2n) is 9.91. The van der Waals surface area contributed by atoms with E-state index in [2.05, 4.69) is 19.0 Å². The molecule has 1 aliphatic carbocycles. The summed E-state index contributed by atoms with van der Waals surface area (Å²) in [7, 11) is 4.20. The van der Waals surface area contributed by atoms with Gasteiger partial charge in [-0.1, -0.05) is 24.6 Å². The Morgan fingerprint density at radius 1 is 1.29 bits per heavy atom. The quantitative estimate of drug-likeness (QED) is 0.651. The van der Waals surface area contributed by atoms with Crippen LogP contribution in [0.3, 0.4) is 0 Å². The van der Waals surface area contributed by atoms with Gasteiger partial charge in [-0.25, -0.2) is 4.79 Å². The third kappa shape index (κ3) is 5.71. The van der Waals surface area contributed by atoms with Gasteiger partial charge in [-0.3, -0.25) is 14.7 Å². The molecular weight excluding hydrogens is 466 g/mol. The molecular formula is C26H36ClN5O3. The molecule has 4 rings (SSSR count). The number of aromatic nitrogens is 1. The molecule has 2 N–H and O–H groups in total. The second-order valence-corrected chi connectivity index (χ2v) is 10.3. The van der Waals surface area contributed by atoms with Crippen LogP contribution in [0.2, 0.25) is 5.02 Å². The minimum atomic E-state index is -0.601. The third-order valence-corrected chi connectivity index (χ3v) is 7.42. The summed E-state index contributed by atoms with van der Waals surface area (Å²) < 4.78 is 5.20. The SMILES string of the molecule is CCCOC(=O)N1CCN(C(=O)c2ccc3c(Cl)c4c(nc3c2)CC(CCN(C)C)CC4)C[C@H]1N. The Hall–Kier alpha value is -2.42.